The van der Waals surface area contributed by atoms with Gasteiger partial charge in [0.25, 0.3) is 5.78 Å². The third kappa shape index (κ3) is 2.89. The van der Waals surface area contributed by atoms with Crippen molar-refractivity contribution in [2.24, 2.45) is 0 Å². The van der Waals surface area contributed by atoms with Crippen LogP contribution < -0.4 is 4.90 Å². The van der Waals surface area contributed by atoms with Crippen molar-refractivity contribution in [2.75, 3.05) is 10.7 Å². The number of fused-ring (bicyclic) bond motifs is 2. The molecular weight excluding hydrogens is 334 g/mol. The molecule has 1 amide bonds. The average molecular weight is 353 g/mol. The Hall–Kier alpha value is -2.41. The molecule has 0 saturated heterocycles. The van der Waals surface area contributed by atoms with Crippen LogP contribution >= 0.6 is 11.8 Å². The molecule has 0 saturated carbocycles. The van der Waals surface area contributed by atoms with Gasteiger partial charge in [0.1, 0.15) is 0 Å². The normalized spacial score (nSPS) is 16.4. The van der Waals surface area contributed by atoms with Gasteiger partial charge in [0.05, 0.1) is 5.75 Å². The van der Waals surface area contributed by atoms with Crippen molar-refractivity contribution in [3.63, 3.8) is 0 Å². The molecule has 6 nitrogen and oxygen atoms in total. The number of carbonyl (C=O) groups is 1. The van der Waals surface area contributed by atoms with E-state index in [0.717, 1.165) is 23.5 Å². The maximum atomic E-state index is 12.8. The lowest BCUT2D eigenvalue weighted by molar-refractivity contribution is -0.116. The summed E-state index contributed by atoms with van der Waals surface area (Å²) in [5.41, 5.74) is 4.15. The molecule has 25 heavy (non-hydrogen) atoms. The summed E-state index contributed by atoms with van der Waals surface area (Å²) in [4.78, 5) is 23.5. The van der Waals surface area contributed by atoms with Crippen LogP contribution in [0.1, 0.15) is 23.9 Å². The van der Waals surface area contributed by atoms with Gasteiger partial charge in [-0.3, -0.25) is 4.79 Å². The molecule has 128 valence electrons. The number of anilines is 1. The van der Waals surface area contributed by atoms with E-state index in [9.17, 15) is 4.79 Å². The summed E-state index contributed by atoms with van der Waals surface area (Å²) >= 11 is 1.36. The zero-order valence-electron chi connectivity index (χ0n) is 14.4. The van der Waals surface area contributed by atoms with E-state index >= 15 is 0 Å². The van der Waals surface area contributed by atoms with Crippen molar-refractivity contribution < 1.29 is 4.79 Å². The Labute approximate surface area is 150 Å². The van der Waals surface area contributed by atoms with E-state index in [4.69, 9.17) is 0 Å². The number of benzene rings is 1. The third-order valence-corrected chi connectivity index (χ3v) is 5.22. The molecule has 0 fully saturated rings. The molecule has 1 atom stereocenters. The number of thioether (sulfide) groups is 1. The molecule has 1 aromatic carbocycles. The SMILES string of the molecule is Cc1cc(C)n2nc(SCC(=O)N3c4ccccc4C[C@H]3C)nc2n1. The highest BCUT2D eigenvalue weighted by Crippen LogP contribution is 2.32. The Balaban J connectivity index is 1.52. The van der Waals surface area contributed by atoms with Gasteiger partial charge in [-0.05, 0) is 44.9 Å². The molecule has 7 heteroatoms. The number of nitrogens with zero attached hydrogens (tertiary/aromatic N) is 5. The van der Waals surface area contributed by atoms with Gasteiger partial charge in [-0.1, -0.05) is 30.0 Å². The molecule has 3 heterocycles. The minimum Gasteiger partial charge on any atom is -0.308 e. The number of para-hydroxylation sites is 1. The zero-order chi connectivity index (χ0) is 17.6. The summed E-state index contributed by atoms with van der Waals surface area (Å²) in [6, 6.07) is 10.3. The second-order valence-electron chi connectivity index (χ2n) is 6.38. The summed E-state index contributed by atoms with van der Waals surface area (Å²) in [5, 5.41) is 5.03. The Bertz CT molecular complexity index is 967. The van der Waals surface area contributed by atoms with Crippen molar-refractivity contribution in [1.82, 2.24) is 19.6 Å². The molecule has 0 radical (unpaired) electrons. The van der Waals surface area contributed by atoms with Crippen LogP contribution in [0.5, 0.6) is 0 Å². The highest BCUT2D eigenvalue weighted by Gasteiger charge is 2.30. The van der Waals surface area contributed by atoms with Gasteiger partial charge in [-0.2, -0.15) is 4.98 Å². The first kappa shape index (κ1) is 16.1. The fourth-order valence-electron chi connectivity index (χ4n) is 3.35. The van der Waals surface area contributed by atoms with Crippen LogP contribution in [-0.2, 0) is 11.2 Å². The molecule has 0 aliphatic carbocycles. The second kappa shape index (κ2) is 6.15. The number of hydrogen-bond acceptors (Lipinski definition) is 5. The maximum absolute atomic E-state index is 12.8. The van der Waals surface area contributed by atoms with Crippen LogP contribution in [0.15, 0.2) is 35.5 Å². The first-order valence-corrected chi connectivity index (χ1v) is 9.25. The molecule has 1 aliphatic rings. The van der Waals surface area contributed by atoms with E-state index in [2.05, 4.69) is 28.1 Å². The number of carbonyl (C=O) groups excluding carboxylic acids is 1. The van der Waals surface area contributed by atoms with Gasteiger partial charge in [0, 0.05) is 23.1 Å². The van der Waals surface area contributed by atoms with Crippen molar-refractivity contribution in [3.05, 3.63) is 47.3 Å². The lowest BCUT2D eigenvalue weighted by atomic mass is 10.1. The summed E-state index contributed by atoms with van der Waals surface area (Å²) in [6.07, 6.45) is 0.904. The smallest absolute Gasteiger partial charge is 0.253 e. The van der Waals surface area contributed by atoms with Crippen LogP contribution in [0.3, 0.4) is 0 Å². The van der Waals surface area contributed by atoms with E-state index in [0.29, 0.717) is 16.7 Å². The molecular formula is C18H19N5OS. The van der Waals surface area contributed by atoms with E-state index < -0.39 is 0 Å². The summed E-state index contributed by atoms with van der Waals surface area (Å²) < 4.78 is 1.72. The number of aromatic nitrogens is 4. The lowest BCUT2D eigenvalue weighted by Crippen LogP contribution is -2.37. The van der Waals surface area contributed by atoms with Gasteiger partial charge < -0.3 is 4.90 Å². The highest BCUT2D eigenvalue weighted by atomic mass is 32.2. The summed E-state index contributed by atoms with van der Waals surface area (Å²) in [5.74, 6) is 0.975. The largest absolute Gasteiger partial charge is 0.308 e. The van der Waals surface area contributed by atoms with E-state index in [1.807, 2.05) is 43.0 Å². The predicted octanol–water partition coefficient (Wildman–Crippen LogP) is 2.81. The molecule has 0 spiro atoms. The van der Waals surface area contributed by atoms with Crippen LogP contribution in [0.25, 0.3) is 5.78 Å². The summed E-state index contributed by atoms with van der Waals surface area (Å²) in [6.45, 7) is 5.99. The fraction of sp³-hybridized carbons (Fsp3) is 0.333. The van der Waals surface area contributed by atoms with Crippen LogP contribution in [0, 0.1) is 13.8 Å². The molecule has 3 aromatic rings. The quantitative estimate of drug-likeness (QED) is 0.678. The topological polar surface area (TPSA) is 63.4 Å². The highest BCUT2D eigenvalue weighted by molar-refractivity contribution is 7.99. The maximum Gasteiger partial charge on any atom is 0.253 e. The molecule has 0 unspecified atom stereocenters. The molecule has 4 rings (SSSR count). The van der Waals surface area contributed by atoms with Gasteiger partial charge in [0.2, 0.25) is 11.1 Å². The van der Waals surface area contributed by atoms with Crippen LogP contribution in [0.2, 0.25) is 0 Å². The van der Waals surface area contributed by atoms with E-state index in [-0.39, 0.29) is 11.9 Å². The minimum atomic E-state index is 0.0853. The lowest BCUT2D eigenvalue weighted by Gasteiger charge is -2.22. The standard InChI is InChI=1S/C18H19N5OS/c1-11-8-13(3)23-17(19-11)20-18(21-23)25-10-16(24)22-12(2)9-14-6-4-5-7-15(14)22/h4-8,12H,9-10H2,1-3H3/t12-/m1/s1. The first-order valence-electron chi connectivity index (χ1n) is 8.26. The Kier molecular flexibility index (Phi) is 3.95. The fourth-order valence-corrected chi connectivity index (χ4v) is 4.03. The van der Waals surface area contributed by atoms with Crippen molar-refractivity contribution >= 4 is 29.1 Å². The third-order valence-electron chi connectivity index (χ3n) is 4.40. The van der Waals surface area contributed by atoms with Gasteiger partial charge >= 0.3 is 0 Å². The van der Waals surface area contributed by atoms with Crippen molar-refractivity contribution in [1.29, 1.82) is 0 Å². The number of hydrogen-bond donors (Lipinski definition) is 0. The van der Waals surface area contributed by atoms with E-state index in [1.54, 1.807) is 4.52 Å². The monoisotopic (exact) mass is 353 g/mol. The van der Waals surface area contributed by atoms with Crippen molar-refractivity contribution in [3.8, 4) is 0 Å². The molecule has 0 bridgehead atoms. The zero-order valence-corrected chi connectivity index (χ0v) is 15.2. The average Bonchev–Trinajstić information content (AvgIpc) is 3.12. The van der Waals surface area contributed by atoms with Gasteiger partial charge in [-0.25, -0.2) is 9.50 Å². The predicted molar refractivity (Wildman–Crippen MR) is 98.1 cm³/mol. The molecule has 1 aliphatic heterocycles. The van der Waals surface area contributed by atoms with Gasteiger partial charge in [0.15, 0.2) is 0 Å². The van der Waals surface area contributed by atoms with Crippen LogP contribution in [-0.4, -0.2) is 37.3 Å². The minimum absolute atomic E-state index is 0.0853. The number of rotatable bonds is 3. The Morgan fingerprint density at radius 3 is 2.92 bits per heavy atom. The van der Waals surface area contributed by atoms with Crippen LogP contribution in [0.4, 0.5) is 5.69 Å². The summed E-state index contributed by atoms with van der Waals surface area (Å²) in [7, 11) is 0. The van der Waals surface area contributed by atoms with Crippen molar-refractivity contribution in [2.45, 2.75) is 38.4 Å². The number of amides is 1. The first-order chi connectivity index (χ1) is 12.0. The molecule has 0 N–H and O–H groups in total. The Morgan fingerprint density at radius 1 is 1.28 bits per heavy atom. The molecule has 2 aromatic heterocycles. The Morgan fingerprint density at radius 2 is 2.08 bits per heavy atom. The van der Waals surface area contributed by atoms with Gasteiger partial charge in [-0.15, -0.1) is 5.10 Å². The van der Waals surface area contributed by atoms with E-state index in [1.165, 1.54) is 17.3 Å². The number of aryl methyl sites for hydroxylation is 2. The second-order valence-corrected chi connectivity index (χ2v) is 7.32.